The van der Waals surface area contributed by atoms with Gasteiger partial charge in [-0.25, -0.2) is 4.98 Å². The van der Waals surface area contributed by atoms with Crippen molar-refractivity contribution in [3.8, 4) is 0 Å². The van der Waals surface area contributed by atoms with Gasteiger partial charge in [-0.15, -0.1) is 0 Å². The van der Waals surface area contributed by atoms with Gasteiger partial charge in [0, 0.05) is 23.6 Å². The second kappa shape index (κ2) is 6.29. The zero-order chi connectivity index (χ0) is 17.4. The lowest BCUT2D eigenvalue weighted by molar-refractivity contribution is -0.122. The summed E-state index contributed by atoms with van der Waals surface area (Å²) in [7, 11) is 0. The Kier molecular flexibility index (Phi) is 3.96. The Morgan fingerprint density at radius 1 is 1.32 bits per heavy atom. The average molecular weight is 400 g/mol. The molecule has 4 rings (SSSR count). The van der Waals surface area contributed by atoms with Crippen LogP contribution in [0.4, 0.5) is 11.6 Å². The SMILES string of the molecule is O=C(Nc1nc2ccncc2[nH]1)C1CC(=O)N(c2ccccc2Br)C1. The predicted molar refractivity (Wildman–Crippen MR) is 97.1 cm³/mol. The van der Waals surface area contributed by atoms with Crippen LogP contribution in [0.5, 0.6) is 0 Å². The quantitative estimate of drug-likeness (QED) is 0.708. The minimum atomic E-state index is -0.425. The number of nitrogens with zero attached hydrogens (tertiary/aromatic N) is 3. The van der Waals surface area contributed by atoms with Gasteiger partial charge in [0.2, 0.25) is 17.8 Å². The van der Waals surface area contributed by atoms with Crippen LogP contribution in [0.25, 0.3) is 11.0 Å². The van der Waals surface area contributed by atoms with Crippen molar-refractivity contribution in [1.29, 1.82) is 0 Å². The number of fused-ring (bicyclic) bond motifs is 1. The van der Waals surface area contributed by atoms with E-state index in [2.05, 4.69) is 36.2 Å². The number of carbonyl (C=O) groups is 2. The van der Waals surface area contributed by atoms with Crippen molar-refractivity contribution >= 4 is 50.4 Å². The smallest absolute Gasteiger partial charge is 0.232 e. The summed E-state index contributed by atoms with van der Waals surface area (Å²) in [6, 6.07) is 9.24. The third-order valence-corrected chi connectivity index (χ3v) is 4.83. The molecule has 1 aromatic carbocycles. The van der Waals surface area contributed by atoms with Gasteiger partial charge in [0.15, 0.2) is 0 Å². The Labute approximate surface area is 151 Å². The molecule has 2 N–H and O–H groups in total. The van der Waals surface area contributed by atoms with Crippen LogP contribution in [-0.4, -0.2) is 33.3 Å². The maximum Gasteiger partial charge on any atom is 0.232 e. The number of para-hydroxylation sites is 1. The van der Waals surface area contributed by atoms with Gasteiger partial charge < -0.3 is 9.88 Å². The normalized spacial score (nSPS) is 17.2. The van der Waals surface area contributed by atoms with Gasteiger partial charge in [-0.1, -0.05) is 12.1 Å². The van der Waals surface area contributed by atoms with Crippen LogP contribution in [0, 0.1) is 5.92 Å². The van der Waals surface area contributed by atoms with Crippen LogP contribution < -0.4 is 10.2 Å². The lowest BCUT2D eigenvalue weighted by Crippen LogP contribution is -2.28. The van der Waals surface area contributed by atoms with Crippen molar-refractivity contribution in [2.45, 2.75) is 6.42 Å². The first-order valence-corrected chi connectivity index (χ1v) is 8.56. The number of nitrogens with one attached hydrogen (secondary N) is 2. The zero-order valence-electron chi connectivity index (χ0n) is 13.1. The molecular formula is C17H14BrN5O2. The summed E-state index contributed by atoms with van der Waals surface area (Å²) in [4.78, 5) is 37.8. The summed E-state index contributed by atoms with van der Waals surface area (Å²) in [5.74, 6) is -0.360. The Bertz CT molecular complexity index is 937. The molecule has 0 saturated carbocycles. The number of aromatic amines is 1. The van der Waals surface area contributed by atoms with E-state index < -0.39 is 5.92 Å². The van der Waals surface area contributed by atoms with Gasteiger partial charge in [0.05, 0.1) is 28.8 Å². The van der Waals surface area contributed by atoms with E-state index >= 15 is 0 Å². The lowest BCUT2D eigenvalue weighted by atomic mass is 10.1. The van der Waals surface area contributed by atoms with Crippen molar-refractivity contribution in [3.63, 3.8) is 0 Å². The first-order valence-electron chi connectivity index (χ1n) is 7.77. The summed E-state index contributed by atoms with van der Waals surface area (Å²) in [6.45, 7) is 0.342. The molecule has 25 heavy (non-hydrogen) atoms. The number of aromatic nitrogens is 3. The number of benzene rings is 1. The molecule has 7 nitrogen and oxygen atoms in total. The summed E-state index contributed by atoms with van der Waals surface area (Å²) in [6.07, 6.45) is 3.46. The molecule has 1 atom stereocenters. The third-order valence-electron chi connectivity index (χ3n) is 4.16. The third kappa shape index (κ3) is 3.00. The predicted octanol–water partition coefficient (Wildman–Crippen LogP) is 2.71. The molecule has 1 fully saturated rings. The van der Waals surface area contributed by atoms with Gasteiger partial charge in [-0.2, -0.15) is 0 Å². The molecule has 0 aliphatic carbocycles. The molecule has 2 aromatic heterocycles. The number of H-pyrrole nitrogens is 1. The van der Waals surface area contributed by atoms with Crippen LogP contribution in [-0.2, 0) is 9.59 Å². The molecular weight excluding hydrogens is 386 g/mol. The second-order valence-electron chi connectivity index (χ2n) is 5.82. The van der Waals surface area contributed by atoms with Crippen molar-refractivity contribution in [2.24, 2.45) is 5.92 Å². The minimum absolute atomic E-state index is 0.0687. The number of hydrogen-bond acceptors (Lipinski definition) is 4. The van der Waals surface area contributed by atoms with Crippen molar-refractivity contribution in [1.82, 2.24) is 15.0 Å². The Morgan fingerprint density at radius 3 is 2.96 bits per heavy atom. The first kappa shape index (κ1) is 15.8. The number of imidazole rings is 1. The molecule has 3 aromatic rings. The Balaban J connectivity index is 1.50. The molecule has 0 bridgehead atoms. The Morgan fingerprint density at radius 2 is 2.16 bits per heavy atom. The Hall–Kier alpha value is -2.74. The number of halogens is 1. The molecule has 126 valence electrons. The van der Waals surface area contributed by atoms with Crippen molar-refractivity contribution < 1.29 is 9.59 Å². The first-order chi connectivity index (χ1) is 12.1. The molecule has 8 heteroatoms. The zero-order valence-corrected chi connectivity index (χ0v) is 14.7. The van der Waals surface area contributed by atoms with Crippen LogP contribution in [0.2, 0.25) is 0 Å². The molecule has 0 radical (unpaired) electrons. The maximum absolute atomic E-state index is 12.5. The standard InChI is InChI=1S/C17H14BrN5O2/c18-11-3-1-2-4-14(11)23-9-10(7-15(23)24)16(25)22-17-20-12-5-6-19-8-13(12)21-17/h1-6,8,10H,7,9H2,(H2,20,21,22,25). The number of hydrogen-bond donors (Lipinski definition) is 2. The number of pyridine rings is 1. The molecule has 1 unspecified atom stereocenters. The second-order valence-corrected chi connectivity index (χ2v) is 6.68. The van der Waals surface area contributed by atoms with E-state index in [1.165, 1.54) is 0 Å². The number of amides is 2. The summed E-state index contributed by atoms with van der Waals surface area (Å²) < 4.78 is 0.828. The van der Waals surface area contributed by atoms with E-state index in [1.807, 2.05) is 24.3 Å². The fourth-order valence-corrected chi connectivity index (χ4v) is 3.42. The molecule has 1 aliphatic heterocycles. The summed E-state index contributed by atoms with van der Waals surface area (Å²) in [5, 5.41) is 2.76. The minimum Gasteiger partial charge on any atom is -0.323 e. The largest absolute Gasteiger partial charge is 0.323 e. The molecule has 3 heterocycles. The maximum atomic E-state index is 12.5. The highest BCUT2D eigenvalue weighted by Crippen LogP contribution is 2.31. The fraction of sp³-hybridized carbons (Fsp3) is 0.176. The molecule has 1 saturated heterocycles. The average Bonchev–Trinajstić information content (AvgIpc) is 3.18. The molecule has 1 aliphatic rings. The molecule has 2 amide bonds. The van der Waals surface area contributed by atoms with Crippen LogP contribution in [0.15, 0.2) is 47.2 Å². The van der Waals surface area contributed by atoms with Gasteiger partial charge in [0.25, 0.3) is 0 Å². The highest BCUT2D eigenvalue weighted by molar-refractivity contribution is 9.10. The highest BCUT2D eigenvalue weighted by atomic mass is 79.9. The van der Waals surface area contributed by atoms with E-state index in [0.717, 1.165) is 21.2 Å². The number of anilines is 2. The van der Waals surface area contributed by atoms with Gasteiger partial charge >= 0.3 is 0 Å². The van der Waals surface area contributed by atoms with Crippen molar-refractivity contribution in [2.75, 3.05) is 16.8 Å². The monoisotopic (exact) mass is 399 g/mol. The number of rotatable bonds is 3. The number of carbonyl (C=O) groups excluding carboxylic acids is 2. The highest BCUT2D eigenvalue weighted by Gasteiger charge is 2.36. The van der Waals surface area contributed by atoms with E-state index in [9.17, 15) is 9.59 Å². The lowest BCUT2D eigenvalue weighted by Gasteiger charge is -2.18. The van der Waals surface area contributed by atoms with E-state index in [1.54, 1.807) is 23.4 Å². The van der Waals surface area contributed by atoms with Gasteiger partial charge in [-0.05, 0) is 34.1 Å². The van der Waals surface area contributed by atoms with E-state index in [4.69, 9.17) is 0 Å². The van der Waals surface area contributed by atoms with Crippen LogP contribution >= 0.6 is 15.9 Å². The molecule has 0 spiro atoms. The summed E-state index contributed by atoms with van der Waals surface area (Å²) in [5.41, 5.74) is 2.25. The van der Waals surface area contributed by atoms with E-state index in [0.29, 0.717) is 12.5 Å². The van der Waals surface area contributed by atoms with Crippen LogP contribution in [0.3, 0.4) is 0 Å². The van der Waals surface area contributed by atoms with Crippen LogP contribution in [0.1, 0.15) is 6.42 Å². The fourth-order valence-electron chi connectivity index (χ4n) is 2.92. The van der Waals surface area contributed by atoms with Gasteiger partial charge in [0.1, 0.15) is 0 Å². The topological polar surface area (TPSA) is 91.0 Å². The summed E-state index contributed by atoms with van der Waals surface area (Å²) >= 11 is 3.45. The van der Waals surface area contributed by atoms with Gasteiger partial charge in [-0.3, -0.25) is 19.9 Å². The van der Waals surface area contributed by atoms with E-state index in [-0.39, 0.29) is 18.2 Å². The van der Waals surface area contributed by atoms with Crippen molar-refractivity contribution in [3.05, 3.63) is 47.2 Å².